The van der Waals surface area contributed by atoms with E-state index >= 15 is 0 Å². The average molecular weight is 697 g/mol. The summed E-state index contributed by atoms with van der Waals surface area (Å²) >= 11 is 0. The molecule has 51 heavy (non-hydrogen) atoms. The number of aliphatic carboxylic acids is 1. The number of anilines is 1. The zero-order valence-electron chi connectivity index (χ0n) is 27.9. The standard InChI is InChI=1S/C40H35F3N2O6/c1-25-3-7-27(8-4-25)28-11-13-30(14-12-28)38(49)29-9-5-26(6-10-29)23-45(24-37(47)48)39(50)31-15-18-33(19-16-31)44-36(46)21-32-17-20-34(51-2)22-35(32)40(41,42)43/h3-16,18-19,22H,17,20-21,23-24H2,1-2H3,(H,44,46)(H,47,48). The second kappa shape index (κ2) is 15.7. The van der Waals surface area contributed by atoms with E-state index in [2.05, 4.69) is 5.32 Å². The summed E-state index contributed by atoms with van der Waals surface area (Å²) in [6, 6.07) is 27.6. The third kappa shape index (κ3) is 9.39. The van der Waals surface area contributed by atoms with Crippen molar-refractivity contribution in [1.82, 2.24) is 4.90 Å². The van der Waals surface area contributed by atoms with Gasteiger partial charge < -0.3 is 20.1 Å². The third-order valence-corrected chi connectivity index (χ3v) is 8.45. The van der Waals surface area contributed by atoms with Crippen molar-refractivity contribution in [2.75, 3.05) is 19.0 Å². The van der Waals surface area contributed by atoms with E-state index in [1.165, 1.54) is 31.4 Å². The van der Waals surface area contributed by atoms with Crippen LogP contribution in [-0.2, 0) is 20.9 Å². The van der Waals surface area contributed by atoms with E-state index < -0.39 is 42.5 Å². The smallest absolute Gasteiger partial charge is 0.416 e. The molecule has 0 aliphatic heterocycles. The van der Waals surface area contributed by atoms with Gasteiger partial charge in [-0.1, -0.05) is 78.4 Å². The number of amides is 2. The van der Waals surface area contributed by atoms with Gasteiger partial charge in [-0.25, -0.2) is 0 Å². The van der Waals surface area contributed by atoms with Gasteiger partial charge in [0.2, 0.25) is 5.91 Å². The molecule has 0 unspecified atom stereocenters. The number of allylic oxidation sites excluding steroid dienone is 3. The molecular formula is C40H35F3N2O6. The second-order valence-electron chi connectivity index (χ2n) is 12.2. The lowest BCUT2D eigenvalue weighted by Gasteiger charge is -2.22. The van der Waals surface area contributed by atoms with Crippen LogP contribution in [0.2, 0.25) is 0 Å². The summed E-state index contributed by atoms with van der Waals surface area (Å²) in [6.07, 6.45) is -3.93. The predicted molar refractivity (Wildman–Crippen MR) is 186 cm³/mol. The van der Waals surface area contributed by atoms with Crippen molar-refractivity contribution in [3.8, 4) is 11.1 Å². The molecule has 1 aliphatic rings. The van der Waals surface area contributed by atoms with Gasteiger partial charge in [-0.2, -0.15) is 13.2 Å². The first-order valence-corrected chi connectivity index (χ1v) is 16.1. The minimum absolute atomic E-state index is 0.0244. The highest BCUT2D eigenvalue weighted by molar-refractivity contribution is 6.09. The van der Waals surface area contributed by atoms with E-state index in [1.54, 1.807) is 36.4 Å². The predicted octanol–water partition coefficient (Wildman–Crippen LogP) is 8.13. The van der Waals surface area contributed by atoms with E-state index in [1.807, 2.05) is 43.3 Å². The Labute approximate surface area is 292 Å². The lowest BCUT2D eigenvalue weighted by atomic mass is 9.93. The second-order valence-corrected chi connectivity index (χ2v) is 12.2. The summed E-state index contributed by atoms with van der Waals surface area (Å²) in [5, 5.41) is 12.1. The van der Waals surface area contributed by atoms with E-state index in [4.69, 9.17) is 4.74 Å². The van der Waals surface area contributed by atoms with E-state index in [-0.39, 0.29) is 47.8 Å². The molecule has 262 valence electrons. The molecule has 0 fully saturated rings. The van der Waals surface area contributed by atoms with Gasteiger partial charge >= 0.3 is 12.1 Å². The first kappa shape index (κ1) is 36.3. The molecule has 2 amide bonds. The summed E-state index contributed by atoms with van der Waals surface area (Å²) in [7, 11) is 1.29. The molecule has 0 bridgehead atoms. The molecule has 4 aromatic carbocycles. The monoisotopic (exact) mass is 696 g/mol. The van der Waals surface area contributed by atoms with Crippen molar-refractivity contribution in [1.29, 1.82) is 0 Å². The van der Waals surface area contributed by atoms with Crippen molar-refractivity contribution in [3.63, 3.8) is 0 Å². The van der Waals surface area contributed by atoms with Crippen molar-refractivity contribution in [2.24, 2.45) is 0 Å². The molecule has 0 atom stereocenters. The fourth-order valence-electron chi connectivity index (χ4n) is 5.72. The zero-order valence-corrected chi connectivity index (χ0v) is 27.9. The largest absolute Gasteiger partial charge is 0.501 e. The topological polar surface area (TPSA) is 113 Å². The van der Waals surface area contributed by atoms with E-state index in [0.29, 0.717) is 16.7 Å². The number of ketones is 1. The number of ether oxygens (including phenoxy) is 1. The number of carbonyl (C=O) groups excluding carboxylic acids is 3. The molecule has 0 aromatic heterocycles. The van der Waals surface area contributed by atoms with Crippen molar-refractivity contribution < 1.29 is 42.2 Å². The lowest BCUT2D eigenvalue weighted by Crippen LogP contribution is -2.35. The van der Waals surface area contributed by atoms with E-state index in [9.17, 15) is 37.5 Å². The Morgan fingerprint density at radius 2 is 1.33 bits per heavy atom. The van der Waals surface area contributed by atoms with Crippen molar-refractivity contribution in [2.45, 2.75) is 38.9 Å². The Morgan fingerprint density at radius 3 is 1.88 bits per heavy atom. The zero-order chi connectivity index (χ0) is 36.7. The summed E-state index contributed by atoms with van der Waals surface area (Å²) in [4.78, 5) is 52.0. The number of carboxylic acid groups (broad SMARTS) is 1. The molecule has 0 radical (unpaired) electrons. The van der Waals surface area contributed by atoms with Crippen LogP contribution in [0.1, 0.15) is 56.7 Å². The highest BCUT2D eigenvalue weighted by Crippen LogP contribution is 2.37. The summed E-state index contributed by atoms with van der Waals surface area (Å²) in [6.45, 7) is 1.36. The number of halogens is 3. The maximum atomic E-state index is 13.6. The average Bonchev–Trinajstić information content (AvgIpc) is 3.11. The summed E-state index contributed by atoms with van der Waals surface area (Å²) < 4.78 is 45.7. The van der Waals surface area contributed by atoms with Crippen molar-refractivity contribution in [3.05, 3.63) is 148 Å². The quantitative estimate of drug-likeness (QED) is 0.145. The van der Waals surface area contributed by atoms with Crippen LogP contribution >= 0.6 is 0 Å². The molecule has 5 rings (SSSR count). The number of nitrogens with zero attached hydrogens (tertiary/aromatic N) is 1. The summed E-state index contributed by atoms with van der Waals surface area (Å²) in [5.41, 5.74) is 4.17. The Bertz CT molecular complexity index is 1980. The summed E-state index contributed by atoms with van der Waals surface area (Å²) in [5.74, 6) is -2.47. The molecule has 0 saturated carbocycles. The van der Waals surface area contributed by atoms with Gasteiger partial charge in [-0.15, -0.1) is 0 Å². The molecule has 0 saturated heterocycles. The van der Waals surface area contributed by atoms with Gasteiger partial charge in [-0.05, 0) is 65.9 Å². The molecule has 0 spiro atoms. The van der Waals surface area contributed by atoms with E-state index in [0.717, 1.165) is 27.7 Å². The number of hydrogen-bond donors (Lipinski definition) is 2. The first-order chi connectivity index (χ1) is 24.3. The maximum absolute atomic E-state index is 13.6. The Balaban J connectivity index is 1.22. The van der Waals surface area contributed by atoms with Gasteiger partial charge in [0.25, 0.3) is 5.91 Å². The number of methoxy groups -OCH3 is 1. The molecule has 8 nitrogen and oxygen atoms in total. The third-order valence-electron chi connectivity index (χ3n) is 8.45. The maximum Gasteiger partial charge on any atom is 0.416 e. The van der Waals surface area contributed by atoms with Crippen LogP contribution in [0.5, 0.6) is 0 Å². The van der Waals surface area contributed by atoms with Gasteiger partial charge in [0.05, 0.1) is 18.4 Å². The first-order valence-electron chi connectivity index (χ1n) is 16.1. The minimum Gasteiger partial charge on any atom is -0.501 e. The van der Waals surface area contributed by atoms with Gasteiger partial charge in [0, 0.05) is 41.8 Å². The van der Waals surface area contributed by atoms with Crippen LogP contribution in [0.25, 0.3) is 11.1 Å². The van der Waals surface area contributed by atoms with Crippen LogP contribution in [-0.4, -0.2) is 53.4 Å². The number of carbonyl (C=O) groups is 4. The Kier molecular flexibility index (Phi) is 11.2. The van der Waals surface area contributed by atoms with Crippen LogP contribution < -0.4 is 5.32 Å². The number of alkyl halides is 3. The van der Waals surface area contributed by atoms with Gasteiger partial charge in [0.1, 0.15) is 6.54 Å². The van der Waals surface area contributed by atoms with Crippen LogP contribution in [0.3, 0.4) is 0 Å². The fraction of sp³-hybridized carbons (Fsp3) is 0.200. The number of benzene rings is 4. The minimum atomic E-state index is -4.64. The molecule has 1 aliphatic carbocycles. The van der Waals surface area contributed by atoms with Crippen molar-refractivity contribution >= 4 is 29.3 Å². The van der Waals surface area contributed by atoms with Crippen LogP contribution in [0.15, 0.2) is 120 Å². The van der Waals surface area contributed by atoms with Crippen LogP contribution in [0.4, 0.5) is 18.9 Å². The molecular weight excluding hydrogens is 661 g/mol. The number of rotatable bonds is 12. The number of carboxylic acids is 1. The number of nitrogens with one attached hydrogen (secondary N) is 1. The SMILES string of the molecule is COC1=CC(C(F)(F)F)=C(CC(=O)Nc2ccc(C(=O)N(CC(=O)O)Cc3ccc(C(=O)c4ccc(-c5ccc(C)cc5)cc4)cc3)cc2)CC1. The van der Waals surface area contributed by atoms with Gasteiger partial charge in [-0.3, -0.25) is 19.2 Å². The number of hydrogen-bond acceptors (Lipinski definition) is 5. The molecule has 11 heteroatoms. The van der Waals surface area contributed by atoms with Gasteiger partial charge in [0.15, 0.2) is 5.78 Å². The highest BCUT2D eigenvalue weighted by Gasteiger charge is 2.37. The fourth-order valence-corrected chi connectivity index (χ4v) is 5.72. The molecule has 4 aromatic rings. The normalized spacial score (nSPS) is 12.9. The number of aryl methyl sites for hydroxylation is 1. The lowest BCUT2D eigenvalue weighted by molar-refractivity contribution is -0.137. The Morgan fingerprint density at radius 1 is 0.784 bits per heavy atom. The molecule has 2 N–H and O–H groups in total. The Hall–Kier alpha value is -5.97. The molecule has 0 heterocycles. The highest BCUT2D eigenvalue weighted by atomic mass is 19.4. The van der Waals surface area contributed by atoms with Crippen LogP contribution in [0, 0.1) is 6.92 Å².